The maximum Gasteiger partial charge on any atom is 0.290 e. The summed E-state index contributed by atoms with van der Waals surface area (Å²) < 4.78 is 25.1. The van der Waals surface area contributed by atoms with Gasteiger partial charge >= 0.3 is 0 Å². The van der Waals surface area contributed by atoms with Gasteiger partial charge in [0.2, 0.25) is 0 Å². The van der Waals surface area contributed by atoms with Crippen LogP contribution in [-0.4, -0.2) is 64.5 Å². The van der Waals surface area contributed by atoms with Gasteiger partial charge in [-0.3, -0.25) is 14.1 Å². The molecule has 8 nitrogen and oxygen atoms in total. The topological polar surface area (TPSA) is 108 Å². The van der Waals surface area contributed by atoms with E-state index < -0.39 is 0 Å². The molecule has 2 aliphatic rings. The Kier molecular flexibility index (Phi) is 7.79. The summed E-state index contributed by atoms with van der Waals surface area (Å²) >= 11 is 0. The largest absolute Gasteiger partial charge is 0.508 e. The Morgan fingerprint density at radius 2 is 1.92 bits per heavy atom. The number of allylic oxidation sites excluding steroid dienone is 1. The van der Waals surface area contributed by atoms with E-state index in [-0.39, 0.29) is 30.9 Å². The number of likely N-dealkylation sites (tertiary alicyclic amines) is 1. The smallest absolute Gasteiger partial charge is 0.290 e. The fraction of sp³-hybridized carbons (Fsp3) is 0.267. The summed E-state index contributed by atoms with van der Waals surface area (Å²) in [5, 5.41) is 17.0. The van der Waals surface area contributed by atoms with E-state index in [0.717, 1.165) is 70.0 Å². The molecular weight excluding hydrogens is 501 g/mol. The molecule has 1 aromatic heterocycles. The predicted octanol–water partition coefficient (Wildman–Crippen LogP) is 5.31. The number of benzene rings is 3. The molecular formula is C30H30FN3O5. The van der Waals surface area contributed by atoms with Crippen LogP contribution in [0.25, 0.3) is 22.2 Å². The van der Waals surface area contributed by atoms with Crippen molar-refractivity contribution in [3.63, 3.8) is 0 Å². The molecule has 0 saturated carbocycles. The number of fused-ring (bicyclic) bond motifs is 2. The van der Waals surface area contributed by atoms with Gasteiger partial charge in [-0.1, -0.05) is 24.3 Å². The number of ether oxygens (including phenoxy) is 2. The number of hydrogen-bond acceptors (Lipinski definition) is 6. The van der Waals surface area contributed by atoms with Crippen molar-refractivity contribution < 1.29 is 28.9 Å². The summed E-state index contributed by atoms with van der Waals surface area (Å²) in [6.07, 6.45) is 1.35. The first kappa shape index (κ1) is 26.2. The quantitative estimate of drug-likeness (QED) is 0.277. The molecule has 1 unspecified atom stereocenters. The van der Waals surface area contributed by atoms with E-state index in [2.05, 4.69) is 27.9 Å². The summed E-state index contributed by atoms with van der Waals surface area (Å²) in [6.45, 7) is 4.57. The minimum atomic E-state index is -0.350. The van der Waals surface area contributed by atoms with Crippen molar-refractivity contribution in [1.29, 1.82) is 0 Å². The number of nitrogens with zero attached hydrogens (tertiary/aromatic N) is 2. The van der Waals surface area contributed by atoms with Gasteiger partial charge in [-0.05, 0) is 54.5 Å². The highest BCUT2D eigenvalue weighted by Crippen LogP contribution is 2.48. The molecule has 1 saturated heterocycles. The lowest BCUT2D eigenvalue weighted by molar-refractivity contribution is -0.122. The van der Waals surface area contributed by atoms with Crippen molar-refractivity contribution in [2.75, 3.05) is 32.9 Å². The highest BCUT2D eigenvalue weighted by atomic mass is 19.1. The average molecular weight is 532 g/mol. The minimum absolute atomic E-state index is 0.187. The van der Waals surface area contributed by atoms with Gasteiger partial charge in [0.15, 0.2) is 0 Å². The van der Waals surface area contributed by atoms with E-state index >= 15 is 0 Å². The molecule has 3 heterocycles. The van der Waals surface area contributed by atoms with Crippen molar-refractivity contribution in [3.8, 4) is 17.2 Å². The number of nitrogens with one attached hydrogen (secondary N) is 1. The van der Waals surface area contributed by atoms with Gasteiger partial charge in [0.25, 0.3) is 6.47 Å². The SMILES string of the molecule is CC1=C(c2cccc3[nH]cnc23)C(c2ccc(OCCN3CC(CF)C3)cc2)Oc2ccc(O)cc21.O=CO. The molecule has 4 aromatic rings. The zero-order valence-corrected chi connectivity index (χ0v) is 21.5. The first-order valence-corrected chi connectivity index (χ1v) is 12.7. The minimum Gasteiger partial charge on any atom is -0.508 e. The van der Waals surface area contributed by atoms with E-state index in [9.17, 15) is 9.50 Å². The fourth-order valence-electron chi connectivity index (χ4n) is 5.19. The Balaban J connectivity index is 0.000000983. The maximum atomic E-state index is 12.6. The third-order valence-electron chi connectivity index (χ3n) is 7.13. The zero-order valence-electron chi connectivity index (χ0n) is 21.5. The summed E-state index contributed by atoms with van der Waals surface area (Å²) in [6, 6.07) is 19.3. The molecule has 1 fully saturated rings. The number of para-hydroxylation sites is 1. The van der Waals surface area contributed by atoms with Gasteiger partial charge < -0.3 is 24.7 Å². The second-order valence-electron chi connectivity index (χ2n) is 9.62. The van der Waals surface area contributed by atoms with Crippen molar-refractivity contribution in [1.82, 2.24) is 14.9 Å². The Bertz CT molecular complexity index is 1480. The number of carboxylic acid groups (broad SMARTS) is 1. The second-order valence-corrected chi connectivity index (χ2v) is 9.62. The number of aromatic hydroxyl groups is 1. The van der Waals surface area contributed by atoms with Gasteiger partial charge in [-0.15, -0.1) is 0 Å². The first-order valence-electron chi connectivity index (χ1n) is 12.7. The number of phenols is 1. The Morgan fingerprint density at radius 1 is 1.15 bits per heavy atom. The molecule has 6 rings (SSSR count). The van der Waals surface area contributed by atoms with Crippen molar-refractivity contribution in [2.45, 2.75) is 13.0 Å². The molecule has 9 heteroatoms. The summed E-state index contributed by atoms with van der Waals surface area (Å²) in [7, 11) is 0. The summed E-state index contributed by atoms with van der Waals surface area (Å²) in [5.41, 5.74) is 6.74. The van der Waals surface area contributed by atoms with E-state index in [4.69, 9.17) is 19.4 Å². The second kappa shape index (κ2) is 11.6. The fourth-order valence-corrected chi connectivity index (χ4v) is 5.19. The van der Waals surface area contributed by atoms with Gasteiger partial charge in [0, 0.05) is 42.3 Å². The van der Waals surface area contributed by atoms with Crippen LogP contribution in [0.5, 0.6) is 17.2 Å². The zero-order chi connectivity index (χ0) is 27.4. The molecule has 0 amide bonds. The first-order chi connectivity index (χ1) is 19.0. The standard InChI is InChI=1S/C29H28FN3O3.CH2O2/c1-18-24-13-21(34)7-10-26(24)36-29(27(18)23-3-2-4-25-28(23)32-17-31-25)20-5-8-22(9-6-20)35-12-11-33-15-19(14-30)16-33;2-1-3/h2-10,13,17,19,29,34H,11-12,14-16H2,1H3,(H,31,32);1H,(H,2,3). The Hall–Kier alpha value is -4.37. The number of carbonyl (C=O) groups is 1. The number of hydrogen-bond donors (Lipinski definition) is 3. The lowest BCUT2D eigenvalue weighted by Crippen LogP contribution is -2.49. The lowest BCUT2D eigenvalue weighted by Gasteiger charge is -2.37. The molecule has 2 aliphatic heterocycles. The number of imidazole rings is 1. The predicted molar refractivity (Wildman–Crippen MR) is 147 cm³/mol. The number of halogens is 1. The number of H-pyrrole nitrogens is 1. The molecule has 0 aliphatic carbocycles. The molecule has 1 atom stereocenters. The Labute approximate surface area is 225 Å². The number of alkyl halides is 1. The summed E-state index contributed by atoms with van der Waals surface area (Å²) in [5.74, 6) is 1.91. The highest BCUT2D eigenvalue weighted by molar-refractivity contribution is 6.02. The van der Waals surface area contributed by atoms with Crippen LogP contribution in [-0.2, 0) is 4.79 Å². The van der Waals surface area contributed by atoms with Crippen LogP contribution in [0, 0.1) is 5.92 Å². The van der Waals surface area contributed by atoms with E-state index in [1.807, 2.05) is 42.5 Å². The third kappa shape index (κ3) is 5.44. The molecule has 202 valence electrons. The van der Waals surface area contributed by atoms with Gasteiger partial charge in [-0.25, -0.2) is 4.98 Å². The summed E-state index contributed by atoms with van der Waals surface area (Å²) in [4.78, 5) is 18.3. The van der Waals surface area contributed by atoms with Crippen LogP contribution in [0.4, 0.5) is 4.39 Å². The molecule has 0 bridgehead atoms. The Morgan fingerprint density at radius 3 is 2.67 bits per heavy atom. The van der Waals surface area contributed by atoms with Crippen LogP contribution in [0.1, 0.15) is 29.7 Å². The molecule has 3 aromatic carbocycles. The van der Waals surface area contributed by atoms with Crippen molar-refractivity contribution in [2.24, 2.45) is 5.92 Å². The third-order valence-corrected chi connectivity index (χ3v) is 7.13. The number of rotatable bonds is 7. The van der Waals surface area contributed by atoms with E-state index in [0.29, 0.717) is 6.61 Å². The number of phenolic OH excluding ortho intramolecular Hbond substituents is 1. The van der Waals surface area contributed by atoms with E-state index in [1.165, 1.54) is 0 Å². The lowest BCUT2D eigenvalue weighted by atomic mass is 9.85. The van der Waals surface area contributed by atoms with Crippen LogP contribution < -0.4 is 9.47 Å². The van der Waals surface area contributed by atoms with Crippen molar-refractivity contribution in [3.05, 3.63) is 83.7 Å². The van der Waals surface area contributed by atoms with Crippen LogP contribution in [0.3, 0.4) is 0 Å². The van der Waals surface area contributed by atoms with Gasteiger partial charge in [-0.2, -0.15) is 0 Å². The molecule has 3 N–H and O–H groups in total. The number of aromatic nitrogens is 2. The van der Waals surface area contributed by atoms with Crippen LogP contribution >= 0.6 is 0 Å². The molecule has 0 spiro atoms. The molecule has 0 radical (unpaired) electrons. The maximum absolute atomic E-state index is 12.6. The highest BCUT2D eigenvalue weighted by Gasteiger charge is 2.31. The van der Waals surface area contributed by atoms with Crippen molar-refractivity contribution >= 4 is 28.7 Å². The normalized spacial score (nSPS) is 17.0. The monoisotopic (exact) mass is 531 g/mol. The van der Waals surface area contributed by atoms with Gasteiger partial charge in [0.1, 0.15) is 30.0 Å². The van der Waals surface area contributed by atoms with Crippen LogP contribution in [0.15, 0.2) is 67.0 Å². The van der Waals surface area contributed by atoms with Gasteiger partial charge in [0.05, 0.1) is 24.0 Å². The number of aromatic amines is 1. The average Bonchev–Trinajstić information content (AvgIpc) is 3.41. The van der Waals surface area contributed by atoms with E-state index in [1.54, 1.807) is 18.5 Å². The molecule has 39 heavy (non-hydrogen) atoms. The van der Waals surface area contributed by atoms with Crippen LogP contribution in [0.2, 0.25) is 0 Å².